The van der Waals surface area contributed by atoms with Gasteiger partial charge in [0.2, 0.25) is 0 Å². The molecule has 51 heavy (non-hydrogen) atoms. The van der Waals surface area contributed by atoms with Gasteiger partial charge in [-0.2, -0.15) is 37.0 Å². The molecular formula is C35H43F5N8O3. The first-order valence-corrected chi connectivity index (χ1v) is 17.0. The molecular weight excluding hydrogens is 675 g/mol. The van der Waals surface area contributed by atoms with E-state index in [9.17, 15) is 26.7 Å². The van der Waals surface area contributed by atoms with Crippen LogP contribution in [0.1, 0.15) is 81.5 Å². The number of fused-ring (bicyclic) bond motifs is 3. The summed E-state index contributed by atoms with van der Waals surface area (Å²) in [6.45, 7) is 6.54. The van der Waals surface area contributed by atoms with Crippen LogP contribution in [-0.4, -0.2) is 82.3 Å². The van der Waals surface area contributed by atoms with E-state index >= 15 is 0 Å². The van der Waals surface area contributed by atoms with Crippen molar-refractivity contribution in [1.82, 2.24) is 29.5 Å². The van der Waals surface area contributed by atoms with Crippen molar-refractivity contribution in [3.8, 4) is 6.01 Å². The van der Waals surface area contributed by atoms with Crippen molar-refractivity contribution in [2.24, 2.45) is 0 Å². The number of nitrogens with two attached hydrogens (primary N) is 1. The van der Waals surface area contributed by atoms with Gasteiger partial charge in [0.15, 0.2) is 5.69 Å². The minimum Gasteiger partial charge on any atom is -0.467 e. The quantitative estimate of drug-likeness (QED) is 0.263. The van der Waals surface area contributed by atoms with Crippen LogP contribution in [0.5, 0.6) is 6.01 Å². The monoisotopic (exact) mass is 718 g/mol. The predicted octanol–water partition coefficient (Wildman–Crippen LogP) is 5.83. The standard InChI is InChI=1S/C27H32F3N7O3.C8H11F2N/c1-14-9-16(31)10-17(22(14)27(28,29)30)21-11-19-18(13-40-21)24(33-26(32-19)39-5)36-7-6-8-37-20(12-36)15(2)23(34-37)25(38)35(3)4;9-8(10)6-4-7-2-1-3-11(7)5-6/h9-10,21H,6-8,11-13,31H2,1-5H3;7H,1-5H2. The second-order valence-corrected chi connectivity index (χ2v) is 13.7. The highest BCUT2D eigenvalue weighted by Gasteiger charge is 2.40. The molecule has 0 bridgehead atoms. The minimum atomic E-state index is -4.56. The Morgan fingerprint density at radius 3 is 2.49 bits per heavy atom. The number of rotatable bonds is 4. The second kappa shape index (κ2) is 14.4. The average molecular weight is 719 g/mol. The highest BCUT2D eigenvalue weighted by molar-refractivity contribution is 5.93. The number of ether oxygens (including phenoxy) is 2. The number of aryl methyl sites for hydroxylation is 2. The molecule has 4 aliphatic heterocycles. The number of halogens is 5. The van der Waals surface area contributed by atoms with Gasteiger partial charge in [0.25, 0.3) is 12.0 Å². The van der Waals surface area contributed by atoms with Gasteiger partial charge in [0.1, 0.15) is 5.82 Å². The third-order valence-electron chi connectivity index (χ3n) is 10.1. The van der Waals surface area contributed by atoms with Crippen molar-refractivity contribution in [2.45, 2.75) is 84.0 Å². The van der Waals surface area contributed by atoms with E-state index in [0.717, 1.165) is 30.6 Å². The Morgan fingerprint density at radius 2 is 1.82 bits per heavy atom. The van der Waals surface area contributed by atoms with Crippen molar-refractivity contribution < 1.29 is 36.2 Å². The minimum absolute atomic E-state index is 0.0119. The van der Waals surface area contributed by atoms with Crippen LogP contribution < -0.4 is 15.4 Å². The van der Waals surface area contributed by atoms with Crippen molar-refractivity contribution in [1.29, 1.82) is 0 Å². The number of methoxy groups -OCH3 is 1. The highest BCUT2D eigenvalue weighted by Crippen LogP contribution is 2.43. The molecule has 2 N–H and O–H groups in total. The van der Waals surface area contributed by atoms with Crippen molar-refractivity contribution in [2.75, 3.05) is 51.5 Å². The Labute approximate surface area is 293 Å². The van der Waals surface area contributed by atoms with Gasteiger partial charge in [0, 0.05) is 68.6 Å². The number of aromatic nitrogens is 4. The van der Waals surface area contributed by atoms with Crippen LogP contribution in [0.3, 0.4) is 0 Å². The Hall–Kier alpha value is -4.31. The molecule has 0 saturated carbocycles. The Bertz CT molecular complexity index is 1820. The van der Waals surface area contributed by atoms with E-state index in [4.69, 9.17) is 15.2 Å². The fourth-order valence-corrected chi connectivity index (χ4v) is 7.57. The molecule has 11 nitrogen and oxygen atoms in total. The molecule has 276 valence electrons. The summed E-state index contributed by atoms with van der Waals surface area (Å²) in [7, 11) is 4.83. The number of amides is 1. The van der Waals surface area contributed by atoms with Gasteiger partial charge in [-0.1, -0.05) is 0 Å². The summed E-state index contributed by atoms with van der Waals surface area (Å²) in [6, 6.07) is 3.20. The van der Waals surface area contributed by atoms with Crippen LogP contribution in [0.4, 0.5) is 33.5 Å². The first-order valence-electron chi connectivity index (χ1n) is 17.0. The van der Waals surface area contributed by atoms with Crippen LogP contribution in [0, 0.1) is 13.8 Å². The van der Waals surface area contributed by atoms with Crippen LogP contribution >= 0.6 is 0 Å². The van der Waals surface area contributed by atoms with Gasteiger partial charge >= 0.3 is 12.2 Å². The molecule has 6 heterocycles. The van der Waals surface area contributed by atoms with Crippen LogP contribution in [0.2, 0.25) is 0 Å². The SMILES string of the molecule is COc1nc2c(c(N3CCCn4nc(C(=O)N(C)C)c(C)c4C3)n1)COC(c1cc(N)cc(C)c1C(F)(F)F)C2.FC(F)=C1CC2CCCN2C1. The summed E-state index contributed by atoms with van der Waals surface area (Å²) in [5.74, 6) is 0.426. The summed E-state index contributed by atoms with van der Waals surface area (Å²) in [4.78, 5) is 27.5. The fraction of sp³-hybridized carbons (Fsp3) is 0.543. The number of hydrogen-bond acceptors (Lipinski definition) is 9. The summed E-state index contributed by atoms with van der Waals surface area (Å²) >= 11 is 0. The van der Waals surface area contributed by atoms with Gasteiger partial charge in [-0.25, -0.2) is 0 Å². The molecule has 0 spiro atoms. The fourth-order valence-electron chi connectivity index (χ4n) is 7.57. The third-order valence-corrected chi connectivity index (χ3v) is 10.1. The zero-order chi connectivity index (χ0) is 36.8. The molecule has 2 fully saturated rings. The molecule has 1 aromatic carbocycles. The summed E-state index contributed by atoms with van der Waals surface area (Å²) in [5, 5.41) is 4.58. The molecule has 1 amide bonds. The van der Waals surface area contributed by atoms with E-state index in [-0.39, 0.29) is 41.8 Å². The number of carbonyl (C=O) groups is 1. The van der Waals surface area contributed by atoms with E-state index in [1.54, 1.807) is 14.1 Å². The molecule has 16 heteroatoms. The number of benzene rings is 1. The molecule has 3 aromatic rings. The van der Waals surface area contributed by atoms with E-state index in [1.807, 2.05) is 11.6 Å². The molecule has 2 saturated heterocycles. The smallest absolute Gasteiger partial charge is 0.417 e. The van der Waals surface area contributed by atoms with Gasteiger partial charge in [0.05, 0.1) is 43.3 Å². The molecule has 4 aliphatic rings. The van der Waals surface area contributed by atoms with E-state index < -0.39 is 23.9 Å². The maximum Gasteiger partial charge on any atom is 0.417 e. The van der Waals surface area contributed by atoms with E-state index in [2.05, 4.69) is 24.9 Å². The van der Waals surface area contributed by atoms with Gasteiger partial charge in [-0.05, 0) is 69.3 Å². The third kappa shape index (κ3) is 7.38. The zero-order valence-electron chi connectivity index (χ0n) is 29.4. The molecule has 2 aromatic heterocycles. The van der Waals surface area contributed by atoms with Crippen molar-refractivity contribution in [3.05, 3.63) is 68.7 Å². The Balaban J connectivity index is 0.000000344. The number of carbonyl (C=O) groups excluding carboxylic acids is 1. The summed E-state index contributed by atoms with van der Waals surface area (Å²) in [5.41, 5.74) is 9.20. The van der Waals surface area contributed by atoms with E-state index in [1.165, 1.54) is 37.5 Å². The number of alkyl halides is 3. The lowest BCUT2D eigenvalue weighted by molar-refractivity contribution is -0.140. The first kappa shape index (κ1) is 36.5. The van der Waals surface area contributed by atoms with Gasteiger partial charge in [-0.3, -0.25) is 14.4 Å². The predicted molar refractivity (Wildman–Crippen MR) is 180 cm³/mol. The lowest BCUT2D eigenvalue weighted by Gasteiger charge is -2.31. The first-order chi connectivity index (χ1) is 24.2. The van der Waals surface area contributed by atoms with E-state index in [0.29, 0.717) is 67.0 Å². The van der Waals surface area contributed by atoms with Crippen LogP contribution in [-0.2, 0) is 37.0 Å². The lowest BCUT2D eigenvalue weighted by atomic mass is 9.92. The molecule has 0 radical (unpaired) electrons. The number of hydrogen-bond donors (Lipinski definition) is 1. The number of nitrogen functional groups attached to an aromatic ring is 1. The molecule has 2 atom stereocenters. The molecule has 2 unspecified atom stereocenters. The zero-order valence-corrected chi connectivity index (χ0v) is 29.4. The largest absolute Gasteiger partial charge is 0.467 e. The summed E-state index contributed by atoms with van der Waals surface area (Å²) in [6.07, 6.45) is -3.16. The topological polar surface area (TPSA) is 115 Å². The average Bonchev–Trinajstić information content (AvgIpc) is 3.72. The lowest BCUT2D eigenvalue weighted by Crippen LogP contribution is -2.29. The summed E-state index contributed by atoms with van der Waals surface area (Å²) < 4.78 is 79.6. The maximum atomic E-state index is 14.0. The van der Waals surface area contributed by atoms with Gasteiger partial charge in [-0.15, -0.1) is 0 Å². The highest BCUT2D eigenvalue weighted by atomic mass is 19.4. The second-order valence-electron chi connectivity index (χ2n) is 13.7. The molecule has 7 rings (SSSR count). The Kier molecular flexibility index (Phi) is 10.3. The van der Waals surface area contributed by atoms with Crippen LogP contribution in [0.15, 0.2) is 23.8 Å². The number of anilines is 2. The maximum absolute atomic E-state index is 14.0. The normalized spacial score (nSPS) is 20.2. The van der Waals surface area contributed by atoms with Crippen LogP contribution in [0.25, 0.3) is 0 Å². The Morgan fingerprint density at radius 1 is 1.06 bits per heavy atom. The molecule has 0 aliphatic carbocycles. The van der Waals surface area contributed by atoms with Crippen molar-refractivity contribution >= 4 is 17.4 Å². The van der Waals surface area contributed by atoms with Gasteiger partial charge < -0.3 is 25.0 Å². The number of nitrogens with zero attached hydrogens (tertiary/aromatic N) is 7. The van der Waals surface area contributed by atoms with Crippen molar-refractivity contribution in [3.63, 3.8) is 0 Å².